The van der Waals surface area contributed by atoms with Crippen LogP contribution in [0.5, 0.6) is 5.75 Å². The summed E-state index contributed by atoms with van der Waals surface area (Å²) in [6.07, 6.45) is 3.67. The number of hydrogen-bond donors (Lipinski definition) is 2. The molecule has 2 aromatic rings. The summed E-state index contributed by atoms with van der Waals surface area (Å²) in [5.74, 6) is 1.50. The topological polar surface area (TPSA) is 67.0 Å². The Balaban J connectivity index is 1.68. The quantitative estimate of drug-likeness (QED) is 0.762. The minimum Gasteiger partial charge on any atom is -0.494 e. The predicted molar refractivity (Wildman–Crippen MR) is 77.8 cm³/mol. The van der Waals surface area contributed by atoms with Crippen LogP contribution in [0.3, 0.4) is 0 Å². The fraction of sp³-hybridized carbons (Fsp3) is 0.333. The first-order chi connectivity index (χ1) is 9.79. The number of nitrogens with one attached hydrogen (secondary N) is 2. The van der Waals surface area contributed by atoms with Gasteiger partial charge in [-0.05, 0) is 25.0 Å². The minimum absolute atomic E-state index is 0.0272. The number of aromatic nitrogens is 2. The lowest BCUT2D eigenvalue weighted by atomic mass is 10.2. The van der Waals surface area contributed by atoms with Crippen molar-refractivity contribution in [2.45, 2.75) is 26.2 Å². The molecule has 2 rings (SSSR count). The number of benzene rings is 1. The summed E-state index contributed by atoms with van der Waals surface area (Å²) in [5.41, 5.74) is 1.01. The molecular weight excluding hydrogens is 254 g/mol. The van der Waals surface area contributed by atoms with Crippen LogP contribution in [0.25, 0.3) is 0 Å². The standard InChI is InChI=1S/C15H19N3O2/c1-2-12-11-16-18-15(12)17-14(19)9-6-10-20-13-7-4-3-5-8-13/h3-5,7-8,11H,2,6,9-10H2,1H3,(H2,16,17,18,19). The molecular formula is C15H19N3O2. The Labute approximate surface area is 118 Å². The van der Waals surface area contributed by atoms with Crippen molar-refractivity contribution in [1.29, 1.82) is 0 Å². The predicted octanol–water partition coefficient (Wildman–Crippen LogP) is 2.77. The van der Waals surface area contributed by atoms with Crippen molar-refractivity contribution < 1.29 is 9.53 Å². The van der Waals surface area contributed by atoms with Gasteiger partial charge >= 0.3 is 0 Å². The largest absolute Gasteiger partial charge is 0.494 e. The lowest BCUT2D eigenvalue weighted by molar-refractivity contribution is -0.116. The van der Waals surface area contributed by atoms with Gasteiger partial charge in [0.25, 0.3) is 0 Å². The van der Waals surface area contributed by atoms with Gasteiger partial charge in [-0.1, -0.05) is 25.1 Å². The number of carbonyl (C=O) groups excluding carboxylic acids is 1. The molecule has 0 unspecified atom stereocenters. The summed E-state index contributed by atoms with van der Waals surface area (Å²) < 4.78 is 5.54. The van der Waals surface area contributed by atoms with E-state index in [0.717, 1.165) is 17.7 Å². The number of ether oxygens (including phenoxy) is 1. The van der Waals surface area contributed by atoms with E-state index in [-0.39, 0.29) is 5.91 Å². The van der Waals surface area contributed by atoms with Gasteiger partial charge in [-0.3, -0.25) is 9.89 Å². The first-order valence-corrected chi connectivity index (χ1v) is 6.79. The average molecular weight is 273 g/mol. The van der Waals surface area contributed by atoms with Crippen molar-refractivity contribution in [1.82, 2.24) is 10.2 Å². The van der Waals surface area contributed by atoms with Crippen LogP contribution in [0.15, 0.2) is 36.5 Å². The van der Waals surface area contributed by atoms with E-state index in [1.165, 1.54) is 0 Å². The molecule has 0 radical (unpaired) electrons. The first-order valence-electron chi connectivity index (χ1n) is 6.79. The summed E-state index contributed by atoms with van der Waals surface area (Å²) in [4.78, 5) is 11.8. The number of rotatable bonds is 7. The Morgan fingerprint density at radius 2 is 2.15 bits per heavy atom. The van der Waals surface area contributed by atoms with Crippen LogP contribution in [0.1, 0.15) is 25.3 Å². The molecule has 0 atom stereocenters. The van der Waals surface area contributed by atoms with Gasteiger partial charge in [-0.15, -0.1) is 0 Å². The smallest absolute Gasteiger partial charge is 0.225 e. The normalized spacial score (nSPS) is 10.2. The number of carbonyl (C=O) groups is 1. The molecule has 5 heteroatoms. The van der Waals surface area contributed by atoms with E-state index in [0.29, 0.717) is 25.3 Å². The second-order valence-electron chi connectivity index (χ2n) is 4.44. The van der Waals surface area contributed by atoms with Gasteiger partial charge in [0.1, 0.15) is 11.6 Å². The number of hydrogen-bond acceptors (Lipinski definition) is 3. The van der Waals surface area contributed by atoms with E-state index in [1.807, 2.05) is 37.3 Å². The van der Waals surface area contributed by atoms with Gasteiger partial charge in [0.2, 0.25) is 5.91 Å². The second kappa shape index (κ2) is 7.33. The van der Waals surface area contributed by atoms with Crippen molar-refractivity contribution in [2.24, 2.45) is 0 Å². The third kappa shape index (κ3) is 4.12. The van der Waals surface area contributed by atoms with Gasteiger partial charge in [-0.2, -0.15) is 5.10 Å². The molecule has 1 aromatic heterocycles. The van der Waals surface area contributed by atoms with E-state index in [1.54, 1.807) is 6.20 Å². The number of anilines is 1. The van der Waals surface area contributed by atoms with E-state index in [4.69, 9.17) is 4.74 Å². The van der Waals surface area contributed by atoms with E-state index >= 15 is 0 Å². The molecule has 0 fully saturated rings. The highest BCUT2D eigenvalue weighted by atomic mass is 16.5. The van der Waals surface area contributed by atoms with E-state index in [2.05, 4.69) is 15.5 Å². The fourth-order valence-corrected chi connectivity index (χ4v) is 1.83. The van der Waals surface area contributed by atoms with E-state index in [9.17, 15) is 4.79 Å². The molecule has 0 aliphatic rings. The van der Waals surface area contributed by atoms with Crippen LogP contribution in [0.4, 0.5) is 5.82 Å². The van der Waals surface area contributed by atoms with Crippen LogP contribution in [-0.4, -0.2) is 22.7 Å². The van der Waals surface area contributed by atoms with Crippen molar-refractivity contribution in [3.8, 4) is 5.75 Å². The highest BCUT2D eigenvalue weighted by molar-refractivity contribution is 5.90. The number of para-hydroxylation sites is 1. The molecule has 0 saturated carbocycles. The number of H-pyrrole nitrogens is 1. The Hall–Kier alpha value is -2.30. The third-order valence-electron chi connectivity index (χ3n) is 2.92. The molecule has 0 aliphatic heterocycles. The maximum absolute atomic E-state index is 11.8. The maximum Gasteiger partial charge on any atom is 0.225 e. The summed E-state index contributed by atoms with van der Waals surface area (Å²) in [7, 11) is 0. The molecule has 2 N–H and O–H groups in total. The molecule has 0 spiro atoms. The van der Waals surface area contributed by atoms with Gasteiger partial charge in [-0.25, -0.2) is 0 Å². The summed E-state index contributed by atoms with van der Waals surface area (Å²) in [5, 5.41) is 9.54. The van der Waals surface area contributed by atoms with Gasteiger partial charge in [0.05, 0.1) is 12.8 Å². The van der Waals surface area contributed by atoms with Crippen LogP contribution < -0.4 is 10.1 Å². The summed E-state index contributed by atoms with van der Waals surface area (Å²) in [6, 6.07) is 9.59. The van der Waals surface area contributed by atoms with Gasteiger partial charge < -0.3 is 10.1 Å². The third-order valence-corrected chi connectivity index (χ3v) is 2.92. The molecule has 0 saturated heterocycles. The molecule has 1 heterocycles. The van der Waals surface area contributed by atoms with Crippen LogP contribution in [0, 0.1) is 0 Å². The number of aryl methyl sites for hydroxylation is 1. The van der Waals surface area contributed by atoms with Crippen molar-refractivity contribution in [2.75, 3.05) is 11.9 Å². The summed E-state index contributed by atoms with van der Waals surface area (Å²) in [6.45, 7) is 2.55. The lowest BCUT2D eigenvalue weighted by Crippen LogP contribution is -2.14. The van der Waals surface area contributed by atoms with E-state index < -0.39 is 0 Å². The van der Waals surface area contributed by atoms with Crippen molar-refractivity contribution >= 4 is 11.7 Å². The molecule has 20 heavy (non-hydrogen) atoms. The second-order valence-corrected chi connectivity index (χ2v) is 4.44. The SMILES string of the molecule is CCc1cn[nH]c1NC(=O)CCCOc1ccccc1. The maximum atomic E-state index is 11.8. The van der Waals surface area contributed by atoms with Crippen LogP contribution in [0.2, 0.25) is 0 Å². The monoisotopic (exact) mass is 273 g/mol. The number of aromatic amines is 1. The van der Waals surface area contributed by atoms with Crippen molar-refractivity contribution in [3.63, 3.8) is 0 Å². The number of amides is 1. The van der Waals surface area contributed by atoms with Gasteiger partial charge in [0.15, 0.2) is 0 Å². The molecule has 1 aromatic carbocycles. The fourth-order valence-electron chi connectivity index (χ4n) is 1.83. The Kier molecular flexibility index (Phi) is 5.17. The Morgan fingerprint density at radius 1 is 1.35 bits per heavy atom. The zero-order valence-electron chi connectivity index (χ0n) is 11.6. The lowest BCUT2D eigenvalue weighted by Gasteiger charge is -2.06. The van der Waals surface area contributed by atoms with Crippen LogP contribution >= 0.6 is 0 Å². The molecule has 5 nitrogen and oxygen atoms in total. The first kappa shape index (κ1) is 14.1. The highest BCUT2D eigenvalue weighted by Crippen LogP contribution is 2.12. The van der Waals surface area contributed by atoms with Gasteiger partial charge in [0, 0.05) is 12.0 Å². The van der Waals surface area contributed by atoms with Crippen LogP contribution in [-0.2, 0) is 11.2 Å². The average Bonchev–Trinajstić information content (AvgIpc) is 2.92. The Bertz CT molecular complexity index is 537. The Morgan fingerprint density at radius 3 is 2.90 bits per heavy atom. The minimum atomic E-state index is -0.0272. The van der Waals surface area contributed by atoms with Crippen molar-refractivity contribution in [3.05, 3.63) is 42.1 Å². The molecule has 0 aliphatic carbocycles. The highest BCUT2D eigenvalue weighted by Gasteiger charge is 2.07. The molecule has 1 amide bonds. The number of nitrogens with zero attached hydrogens (tertiary/aromatic N) is 1. The summed E-state index contributed by atoms with van der Waals surface area (Å²) >= 11 is 0. The zero-order valence-corrected chi connectivity index (χ0v) is 11.6. The molecule has 106 valence electrons. The molecule has 0 bridgehead atoms. The zero-order chi connectivity index (χ0) is 14.2.